The third-order valence-corrected chi connectivity index (χ3v) is 6.62. The highest BCUT2D eigenvalue weighted by Crippen LogP contribution is 2.44. The van der Waals surface area contributed by atoms with Crippen LogP contribution in [0.5, 0.6) is 0 Å². The fourth-order valence-electron chi connectivity index (χ4n) is 4.63. The molecule has 3 atom stereocenters. The summed E-state index contributed by atoms with van der Waals surface area (Å²) in [7, 11) is 0. The molecule has 2 aromatic carbocycles. The number of amides is 2. The van der Waals surface area contributed by atoms with Gasteiger partial charge in [-0.2, -0.15) is 0 Å². The first-order valence-electron chi connectivity index (χ1n) is 12.5. The van der Waals surface area contributed by atoms with Gasteiger partial charge < -0.3 is 20.5 Å². The van der Waals surface area contributed by atoms with E-state index >= 15 is 0 Å². The average molecular weight is 481 g/mol. The molecule has 0 bridgehead atoms. The van der Waals surface area contributed by atoms with E-state index in [0.29, 0.717) is 25.7 Å². The zero-order valence-corrected chi connectivity index (χ0v) is 20.8. The first kappa shape index (κ1) is 26.3. The number of nitrogens with one attached hydrogen (secondary N) is 2. The van der Waals surface area contributed by atoms with Crippen molar-refractivity contribution in [2.45, 2.75) is 70.9 Å². The fraction of sp³-hybridized carbons (Fsp3) is 0.464. The molecule has 0 aliphatic heterocycles. The molecule has 7 nitrogen and oxygen atoms in total. The van der Waals surface area contributed by atoms with Crippen molar-refractivity contribution in [1.29, 1.82) is 0 Å². The van der Waals surface area contributed by atoms with Crippen LogP contribution in [0.1, 0.15) is 69.9 Å². The quantitative estimate of drug-likeness (QED) is 0.392. The number of carbonyl (C=O) groups excluding carboxylic acids is 2. The minimum atomic E-state index is -1.01. The lowest BCUT2D eigenvalue weighted by atomic mass is 9.98. The zero-order chi connectivity index (χ0) is 25.4. The number of alkyl carbamates (subject to hydrolysis) is 1. The Morgan fingerprint density at radius 1 is 0.914 bits per heavy atom. The number of rotatable bonds is 12. The molecule has 3 unspecified atom stereocenters. The highest BCUT2D eigenvalue weighted by atomic mass is 16.5. The summed E-state index contributed by atoms with van der Waals surface area (Å²) in [5, 5.41) is 14.7. The van der Waals surface area contributed by atoms with Gasteiger partial charge in [-0.25, -0.2) is 9.59 Å². The molecule has 1 aliphatic carbocycles. The molecule has 188 valence electrons. The van der Waals surface area contributed by atoms with Gasteiger partial charge in [0.1, 0.15) is 12.6 Å². The summed E-state index contributed by atoms with van der Waals surface area (Å²) in [6.45, 7) is 5.86. The van der Waals surface area contributed by atoms with E-state index < -0.39 is 18.1 Å². The second-order valence-corrected chi connectivity index (χ2v) is 9.39. The van der Waals surface area contributed by atoms with Crippen LogP contribution in [0.3, 0.4) is 0 Å². The Morgan fingerprint density at radius 3 is 2.09 bits per heavy atom. The van der Waals surface area contributed by atoms with Crippen LogP contribution in [0.25, 0.3) is 11.1 Å². The van der Waals surface area contributed by atoms with Gasteiger partial charge in [0, 0.05) is 17.9 Å². The molecule has 3 N–H and O–H groups in total. The third kappa shape index (κ3) is 6.84. The van der Waals surface area contributed by atoms with Crippen LogP contribution in [-0.4, -0.2) is 41.8 Å². The van der Waals surface area contributed by atoms with Crippen molar-refractivity contribution in [2.24, 2.45) is 5.92 Å². The summed E-state index contributed by atoms with van der Waals surface area (Å²) < 4.78 is 5.60. The number of carbonyl (C=O) groups is 3. The molecule has 7 heteroatoms. The van der Waals surface area contributed by atoms with Crippen LogP contribution >= 0.6 is 0 Å². The maximum absolute atomic E-state index is 12.4. The molecule has 0 saturated heterocycles. The van der Waals surface area contributed by atoms with Gasteiger partial charge in [-0.15, -0.1) is 0 Å². The predicted molar refractivity (Wildman–Crippen MR) is 135 cm³/mol. The Labute approximate surface area is 207 Å². The van der Waals surface area contributed by atoms with Crippen molar-refractivity contribution < 1.29 is 24.2 Å². The lowest BCUT2D eigenvalue weighted by Crippen LogP contribution is -2.43. The number of benzene rings is 2. The van der Waals surface area contributed by atoms with E-state index in [0.717, 1.165) is 6.42 Å². The summed E-state index contributed by atoms with van der Waals surface area (Å²) >= 11 is 0. The molecule has 2 amide bonds. The molecule has 0 fully saturated rings. The molecule has 0 saturated carbocycles. The molecule has 3 rings (SSSR count). The second kappa shape index (κ2) is 12.4. The van der Waals surface area contributed by atoms with E-state index in [9.17, 15) is 19.5 Å². The second-order valence-electron chi connectivity index (χ2n) is 9.39. The third-order valence-electron chi connectivity index (χ3n) is 6.62. The average Bonchev–Trinajstić information content (AvgIpc) is 3.16. The number of hydrogen-bond acceptors (Lipinski definition) is 4. The fourth-order valence-corrected chi connectivity index (χ4v) is 4.63. The number of aliphatic carboxylic acids is 1. The van der Waals surface area contributed by atoms with Crippen molar-refractivity contribution in [3.05, 3.63) is 59.7 Å². The largest absolute Gasteiger partial charge is 0.480 e. The number of fused-ring (bicyclic) bond motifs is 3. The normalized spacial score (nSPS) is 14.8. The summed E-state index contributed by atoms with van der Waals surface area (Å²) in [6.07, 6.45) is 2.68. The van der Waals surface area contributed by atoms with Gasteiger partial charge in [0.15, 0.2) is 0 Å². The number of carboxylic acids is 1. The molecule has 0 radical (unpaired) electrons. The van der Waals surface area contributed by atoms with Gasteiger partial charge in [-0.05, 0) is 48.4 Å². The van der Waals surface area contributed by atoms with Crippen LogP contribution < -0.4 is 10.6 Å². The van der Waals surface area contributed by atoms with Crippen LogP contribution in [0, 0.1) is 5.92 Å². The molecule has 0 heterocycles. The molecular weight excluding hydrogens is 444 g/mol. The highest BCUT2D eigenvalue weighted by Gasteiger charge is 2.29. The lowest BCUT2D eigenvalue weighted by Gasteiger charge is -2.19. The van der Waals surface area contributed by atoms with Gasteiger partial charge in [-0.1, -0.05) is 75.2 Å². The molecule has 1 aliphatic rings. The Balaban J connectivity index is 1.41. The maximum Gasteiger partial charge on any atom is 0.407 e. The smallest absolute Gasteiger partial charge is 0.407 e. The van der Waals surface area contributed by atoms with Gasteiger partial charge in [0.05, 0.1) is 0 Å². The SMILES string of the molecule is CCCC(NC(=O)C(C)CCCC(C)NC(=O)OCC1c2ccccc2-c2ccccc21)C(=O)O. The van der Waals surface area contributed by atoms with Crippen molar-refractivity contribution in [3.63, 3.8) is 0 Å². The van der Waals surface area contributed by atoms with Gasteiger partial charge in [0.25, 0.3) is 0 Å². The van der Waals surface area contributed by atoms with Crippen LogP contribution in [-0.2, 0) is 14.3 Å². The van der Waals surface area contributed by atoms with E-state index in [1.165, 1.54) is 22.3 Å². The predicted octanol–water partition coefficient (Wildman–Crippen LogP) is 5.09. The highest BCUT2D eigenvalue weighted by molar-refractivity contribution is 5.84. The summed E-state index contributed by atoms with van der Waals surface area (Å²) in [5.74, 6) is -1.53. The van der Waals surface area contributed by atoms with E-state index in [4.69, 9.17) is 4.74 Å². The standard InChI is InChI=1S/C28H36N2O5/c1-4-10-25(27(32)33)30-26(31)18(2)11-9-12-19(3)29-28(34)35-17-24-22-15-7-5-13-20(22)21-14-6-8-16-23(21)24/h5-8,13-16,18-19,24-25H,4,9-12,17H2,1-3H3,(H,29,34)(H,30,31)(H,32,33). The topological polar surface area (TPSA) is 105 Å². The van der Waals surface area contributed by atoms with E-state index in [1.54, 1.807) is 6.92 Å². The van der Waals surface area contributed by atoms with Crippen LogP contribution in [0.2, 0.25) is 0 Å². The van der Waals surface area contributed by atoms with Crippen LogP contribution in [0.4, 0.5) is 4.79 Å². The monoisotopic (exact) mass is 480 g/mol. The Kier molecular flexibility index (Phi) is 9.29. The van der Waals surface area contributed by atoms with Gasteiger partial charge in [0.2, 0.25) is 5.91 Å². The van der Waals surface area contributed by atoms with Gasteiger partial charge >= 0.3 is 12.1 Å². The summed E-state index contributed by atoms with van der Waals surface area (Å²) in [4.78, 5) is 36.0. The maximum atomic E-state index is 12.4. The number of hydrogen-bond donors (Lipinski definition) is 3. The molecule has 0 aromatic heterocycles. The minimum absolute atomic E-state index is 0.0187. The molecular formula is C28H36N2O5. The number of carboxylic acid groups (broad SMARTS) is 1. The first-order valence-corrected chi connectivity index (χ1v) is 12.5. The number of ether oxygens (including phenoxy) is 1. The zero-order valence-electron chi connectivity index (χ0n) is 20.8. The molecule has 0 spiro atoms. The minimum Gasteiger partial charge on any atom is -0.480 e. The van der Waals surface area contributed by atoms with Crippen LogP contribution in [0.15, 0.2) is 48.5 Å². The van der Waals surface area contributed by atoms with Crippen molar-refractivity contribution >= 4 is 18.0 Å². The lowest BCUT2D eigenvalue weighted by molar-refractivity contribution is -0.142. The summed E-state index contributed by atoms with van der Waals surface area (Å²) in [5.41, 5.74) is 4.72. The van der Waals surface area contributed by atoms with Gasteiger partial charge in [-0.3, -0.25) is 4.79 Å². The Hall–Kier alpha value is -3.35. The Morgan fingerprint density at radius 2 is 1.51 bits per heavy atom. The first-order chi connectivity index (χ1) is 16.8. The molecule has 2 aromatic rings. The van der Waals surface area contributed by atoms with Crippen molar-refractivity contribution in [3.8, 4) is 11.1 Å². The Bertz CT molecular complexity index is 992. The molecule has 35 heavy (non-hydrogen) atoms. The van der Waals surface area contributed by atoms with Crippen molar-refractivity contribution in [1.82, 2.24) is 10.6 Å². The van der Waals surface area contributed by atoms with E-state index in [-0.39, 0.29) is 30.4 Å². The summed E-state index contributed by atoms with van der Waals surface area (Å²) in [6, 6.07) is 15.5. The van der Waals surface area contributed by atoms with E-state index in [1.807, 2.05) is 38.1 Å². The van der Waals surface area contributed by atoms with Crippen molar-refractivity contribution in [2.75, 3.05) is 6.61 Å². The van der Waals surface area contributed by atoms with E-state index in [2.05, 4.69) is 34.9 Å².